The molecule has 48 heavy (non-hydrogen) atoms. The molecule has 8 heteroatoms. The van der Waals surface area contributed by atoms with Crippen LogP contribution in [0.5, 0.6) is 0 Å². The van der Waals surface area contributed by atoms with E-state index in [1.807, 2.05) is 41.5 Å². The molecule has 0 aromatic rings. The van der Waals surface area contributed by atoms with E-state index in [1.165, 1.54) is 89.9 Å². The van der Waals surface area contributed by atoms with Crippen LogP contribution in [0.1, 0.15) is 221 Å². The van der Waals surface area contributed by atoms with Gasteiger partial charge in [0.05, 0.1) is 0 Å². The van der Waals surface area contributed by atoms with Gasteiger partial charge >= 0.3 is 23.9 Å². The molecule has 8 nitrogen and oxygen atoms in total. The van der Waals surface area contributed by atoms with E-state index in [0.29, 0.717) is 25.7 Å². The van der Waals surface area contributed by atoms with E-state index >= 15 is 0 Å². The molecule has 0 aliphatic carbocycles. The van der Waals surface area contributed by atoms with Gasteiger partial charge in [0.25, 0.3) is 0 Å². The van der Waals surface area contributed by atoms with Crippen LogP contribution in [0.25, 0.3) is 0 Å². The summed E-state index contributed by atoms with van der Waals surface area (Å²) in [5.74, 6) is -1.51. The lowest BCUT2D eigenvalue weighted by Crippen LogP contribution is -2.23. The first kappa shape index (κ1) is 48.0. The number of carboxylic acids is 2. The molecule has 0 saturated carbocycles. The minimum atomic E-state index is -0.680. The van der Waals surface area contributed by atoms with Crippen LogP contribution in [0.15, 0.2) is 0 Å². The highest BCUT2D eigenvalue weighted by molar-refractivity contribution is 5.70. The number of unbranched alkanes of at least 4 members (excludes halogenated alkanes) is 22. The van der Waals surface area contributed by atoms with Gasteiger partial charge in [-0.2, -0.15) is 0 Å². The van der Waals surface area contributed by atoms with Crippen molar-refractivity contribution in [3.8, 4) is 0 Å². The zero-order chi connectivity index (χ0) is 36.5. The fourth-order valence-corrected chi connectivity index (χ4v) is 5.41. The molecule has 0 amide bonds. The second-order valence-corrected chi connectivity index (χ2v) is 15.4. The van der Waals surface area contributed by atoms with E-state index in [9.17, 15) is 19.2 Å². The number of carbonyl (C=O) groups excluding carboxylic acids is 2. The topological polar surface area (TPSA) is 127 Å². The average Bonchev–Trinajstić information content (AvgIpc) is 2.95. The van der Waals surface area contributed by atoms with Crippen LogP contribution < -0.4 is 0 Å². The smallest absolute Gasteiger partial charge is 0.306 e. The summed E-state index contributed by atoms with van der Waals surface area (Å²) in [4.78, 5) is 43.8. The standard InChI is InChI=1S/2C20H38O4/c2*1-20(2,3)24-19(23)17-15-13-11-9-7-5-4-6-8-10-12-14-16-18(21)22/h2*4-17H2,1-3H3,(H,21,22). The largest absolute Gasteiger partial charge is 0.481 e. The molecule has 0 spiro atoms. The van der Waals surface area contributed by atoms with Crippen LogP contribution in [-0.2, 0) is 28.7 Å². The molecule has 0 unspecified atom stereocenters. The van der Waals surface area contributed by atoms with Crippen LogP contribution in [-0.4, -0.2) is 45.3 Å². The number of ether oxygens (including phenoxy) is 2. The van der Waals surface area contributed by atoms with Gasteiger partial charge in [-0.25, -0.2) is 0 Å². The van der Waals surface area contributed by atoms with Crippen LogP contribution in [0.4, 0.5) is 0 Å². The van der Waals surface area contributed by atoms with E-state index in [2.05, 4.69) is 0 Å². The van der Waals surface area contributed by atoms with Crippen molar-refractivity contribution in [3.05, 3.63) is 0 Å². The van der Waals surface area contributed by atoms with E-state index in [1.54, 1.807) is 0 Å². The quantitative estimate of drug-likeness (QED) is 0.0565. The maximum absolute atomic E-state index is 11.5. The molecule has 0 aliphatic heterocycles. The highest BCUT2D eigenvalue weighted by Crippen LogP contribution is 2.16. The third-order valence-electron chi connectivity index (χ3n) is 7.88. The Morgan fingerprint density at radius 2 is 0.500 bits per heavy atom. The van der Waals surface area contributed by atoms with Gasteiger partial charge in [0.1, 0.15) is 11.2 Å². The first-order valence-electron chi connectivity index (χ1n) is 19.5. The van der Waals surface area contributed by atoms with Crippen molar-refractivity contribution in [2.45, 2.75) is 233 Å². The summed E-state index contributed by atoms with van der Waals surface area (Å²) in [5, 5.41) is 17.1. The SMILES string of the molecule is CC(C)(C)OC(=O)CCCCCCCCCCCCCCC(=O)O.CC(C)(C)OC(=O)CCCCCCCCCCCCCCC(=O)O. The predicted molar refractivity (Wildman–Crippen MR) is 196 cm³/mol. The predicted octanol–water partition coefficient (Wildman–Crippen LogP) is 11.7. The van der Waals surface area contributed by atoms with E-state index < -0.39 is 11.9 Å². The molecular formula is C40H76O8. The van der Waals surface area contributed by atoms with Crippen molar-refractivity contribution in [2.24, 2.45) is 0 Å². The maximum Gasteiger partial charge on any atom is 0.306 e. The van der Waals surface area contributed by atoms with Gasteiger partial charge in [0, 0.05) is 25.7 Å². The second-order valence-electron chi connectivity index (χ2n) is 15.4. The minimum Gasteiger partial charge on any atom is -0.481 e. The number of carboxylic acid groups (broad SMARTS) is 2. The molecular weight excluding hydrogens is 608 g/mol. The fraction of sp³-hybridized carbons (Fsp3) is 0.900. The Kier molecular flexibility index (Phi) is 32.1. The summed E-state index contributed by atoms with van der Waals surface area (Å²) in [5.41, 5.74) is -0.735. The first-order valence-corrected chi connectivity index (χ1v) is 19.5. The van der Waals surface area contributed by atoms with Crippen molar-refractivity contribution < 1.29 is 38.9 Å². The third kappa shape index (κ3) is 46.0. The molecule has 0 heterocycles. The Labute approximate surface area is 294 Å². The van der Waals surface area contributed by atoms with Crippen LogP contribution in [0.3, 0.4) is 0 Å². The third-order valence-corrected chi connectivity index (χ3v) is 7.88. The first-order chi connectivity index (χ1) is 22.6. The Bertz CT molecular complexity index is 728. The Morgan fingerprint density at radius 1 is 0.333 bits per heavy atom. The summed E-state index contributed by atoms with van der Waals surface area (Å²) in [6.45, 7) is 11.4. The molecule has 0 aromatic heterocycles. The van der Waals surface area contributed by atoms with Crippen molar-refractivity contribution in [1.29, 1.82) is 0 Å². The summed E-state index contributed by atoms with van der Waals surface area (Å²) in [7, 11) is 0. The molecule has 0 aromatic carbocycles. The maximum atomic E-state index is 11.5. The summed E-state index contributed by atoms with van der Waals surface area (Å²) >= 11 is 0. The van der Waals surface area contributed by atoms with Gasteiger partial charge in [0.2, 0.25) is 0 Å². The molecule has 284 valence electrons. The van der Waals surface area contributed by atoms with Gasteiger partial charge in [-0.15, -0.1) is 0 Å². The molecule has 0 atom stereocenters. The van der Waals surface area contributed by atoms with Crippen molar-refractivity contribution in [1.82, 2.24) is 0 Å². The number of hydrogen-bond acceptors (Lipinski definition) is 6. The number of hydrogen-bond donors (Lipinski definition) is 2. The van der Waals surface area contributed by atoms with E-state index in [4.69, 9.17) is 19.7 Å². The number of aliphatic carboxylic acids is 2. The van der Waals surface area contributed by atoms with Gasteiger partial charge in [0.15, 0.2) is 0 Å². The monoisotopic (exact) mass is 685 g/mol. The Morgan fingerprint density at radius 3 is 0.667 bits per heavy atom. The molecule has 0 saturated heterocycles. The highest BCUT2D eigenvalue weighted by atomic mass is 16.6. The molecule has 0 aliphatic rings. The summed E-state index contributed by atoms with van der Waals surface area (Å²) in [6, 6.07) is 0. The van der Waals surface area contributed by atoms with Gasteiger partial charge < -0.3 is 19.7 Å². The molecule has 0 bridgehead atoms. The Balaban J connectivity index is 0. The van der Waals surface area contributed by atoms with Gasteiger partial charge in [-0.05, 0) is 67.2 Å². The molecule has 2 N–H and O–H groups in total. The zero-order valence-electron chi connectivity index (χ0n) is 32.1. The van der Waals surface area contributed by atoms with Crippen LogP contribution in [0.2, 0.25) is 0 Å². The van der Waals surface area contributed by atoms with Gasteiger partial charge in [-0.1, -0.05) is 128 Å². The van der Waals surface area contributed by atoms with Crippen molar-refractivity contribution in [2.75, 3.05) is 0 Å². The lowest BCUT2D eigenvalue weighted by molar-refractivity contribution is -0.156. The minimum absolute atomic E-state index is 0.0779. The molecule has 0 radical (unpaired) electrons. The number of esters is 2. The number of rotatable bonds is 30. The highest BCUT2D eigenvalue weighted by Gasteiger charge is 2.16. The summed E-state index contributed by atoms with van der Waals surface area (Å²) < 4.78 is 10.6. The molecule has 0 fully saturated rings. The lowest BCUT2D eigenvalue weighted by atomic mass is 10.0. The van der Waals surface area contributed by atoms with Crippen LogP contribution >= 0.6 is 0 Å². The summed E-state index contributed by atoms with van der Waals surface area (Å²) in [6.07, 6.45) is 29.5. The number of carbonyl (C=O) groups is 4. The van der Waals surface area contributed by atoms with Crippen molar-refractivity contribution in [3.63, 3.8) is 0 Å². The zero-order valence-corrected chi connectivity index (χ0v) is 32.1. The second kappa shape index (κ2) is 32.1. The van der Waals surface area contributed by atoms with Gasteiger partial charge in [-0.3, -0.25) is 19.2 Å². The van der Waals surface area contributed by atoms with E-state index in [-0.39, 0.29) is 23.1 Å². The fourth-order valence-electron chi connectivity index (χ4n) is 5.41. The average molecular weight is 685 g/mol. The Hall–Kier alpha value is -2.12. The normalized spacial score (nSPS) is 11.5. The van der Waals surface area contributed by atoms with Crippen LogP contribution in [0, 0.1) is 0 Å². The van der Waals surface area contributed by atoms with E-state index in [0.717, 1.165) is 64.2 Å². The van der Waals surface area contributed by atoms with Crippen molar-refractivity contribution >= 4 is 23.9 Å². The molecule has 0 rings (SSSR count). The lowest BCUT2D eigenvalue weighted by Gasteiger charge is -2.19.